The summed E-state index contributed by atoms with van der Waals surface area (Å²) < 4.78 is 22.9. The van der Waals surface area contributed by atoms with Crippen molar-refractivity contribution in [2.24, 2.45) is 0 Å². The molecule has 36 heavy (non-hydrogen) atoms. The molecule has 0 saturated carbocycles. The maximum atomic E-state index is 16.2. The van der Waals surface area contributed by atoms with E-state index in [-0.39, 0.29) is 32.7 Å². The number of alkyl halides is 1. The van der Waals surface area contributed by atoms with E-state index in [1.54, 1.807) is 24.3 Å². The number of nitrogens with zero attached hydrogens (tertiary/aromatic N) is 4. The molecule has 4 aromatic rings. The first-order valence-electron chi connectivity index (χ1n) is 10.7. The molecule has 1 unspecified atom stereocenters. The second-order valence-corrected chi connectivity index (χ2v) is 8.85. The van der Waals surface area contributed by atoms with Crippen molar-refractivity contribution in [3.63, 3.8) is 0 Å². The van der Waals surface area contributed by atoms with Gasteiger partial charge in [-0.1, -0.05) is 72.3 Å². The van der Waals surface area contributed by atoms with Gasteiger partial charge in [-0.15, -0.1) is 0 Å². The molecular weight excluding hydrogens is 514 g/mol. The molecule has 5 rings (SSSR count). The highest BCUT2D eigenvalue weighted by molar-refractivity contribution is 6.35. The van der Waals surface area contributed by atoms with Crippen LogP contribution in [-0.2, 0) is 9.53 Å². The maximum Gasteiger partial charge on any atom is 0.225 e. The summed E-state index contributed by atoms with van der Waals surface area (Å²) in [5, 5.41) is 21.9. The number of Topliss-reactive ketones (excluding diaryl/α,β-unsaturated/α-hetero) is 2. The molecule has 3 heterocycles. The second kappa shape index (κ2) is 9.30. The van der Waals surface area contributed by atoms with E-state index in [4.69, 9.17) is 27.9 Å². The third-order valence-corrected chi connectivity index (χ3v) is 6.45. The molecule has 1 aliphatic heterocycles. The predicted octanol–water partition coefficient (Wildman–Crippen LogP) is 3.29. The van der Waals surface area contributed by atoms with Crippen LogP contribution in [0.5, 0.6) is 0 Å². The molecule has 0 bridgehead atoms. The van der Waals surface area contributed by atoms with E-state index in [0.29, 0.717) is 0 Å². The second-order valence-electron chi connectivity index (χ2n) is 8.15. The number of ketones is 2. The number of hydrogen-bond acceptors (Lipinski definition) is 8. The van der Waals surface area contributed by atoms with Gasteiger partial charge in [0, 0.05) is 5.56 Å². The molecule has 184 valence electrons. The maximum absolute atomic E-state index is 16.2. The number of ether oxygens (including phenoxy) is 1. The van der Waals surface area contributed by atoms with Crippen LogP contribution in [0, 0.1) is 0 Å². The van der Waals surface area contributed by atoms with E-state index in [1.807, 2.05) is 0 Å². The van der Waals surface area contributed by atoms with Gasteiger partial charge in [0.25, 0.3) is 0 Å². The molecule has 1 fully saturated rings. The predicted molar refractivity (Wildman–Crippen MR) is 126 cm³/mol. The Bertz CT molecular complexity index is 1460. The number of aromatic nitrogens is 4. The van der Waals surface area contributed by atoms with Crippen LogP contribution < -0.4 is 0 Å². The number of aliphatic hydroxyl groups excluding tert-OH is 1. The Hall–Kier alpha value is -3.28. The van der Waals surface area contributed by atoms with Crippen LogP contribution in [0.25, 0.3) is 11.2 Å². The molecule has 0 radical (unpaired) electrons. The molecule has 0 aliphatic carbocycles. The van der Waals surface area contributed by atoms with Crippen LogP contribution in [0.2, 0.25) is 10.4 Å². The quantitative estimate of drug-likeness (QED) is 0.221. The van der Waals surface area contributed by atoms with Crippen molar-refractivity contribution >= 4 is 45.9 Å². The summed E-state index contributed by atoms with van der Waals surface area (Å²) in [5.41, 5.74) is -2.84. The van der Waals surface area contributed by atoms with Crippen molar-refractivity contribution < 1.29 is 28.9 Å². The first kappa shape index (κ1) is 24.4. The SMILES string of the molecule is O=C(C(O)c1ccccc1)[C@H]1O[C@@H](n2cnc3c(Cl)nc(Cl)nc32)[C@H](F)[C@@]1(O)C(=O)c1ccccc1. The topological polar surface area (TPSA) is 127 Å². The van der Waals surface area contributed by atoms with E-state index in [0.717, 1.165) is 10.9 Å². The Labute approximate surface area is 213 Å². The minimum Gasteiger partial charge on any atom is -0.380 e. The summed E-state index contributed by atoms with van der Waals surface area (Å²) in [6.07, 6.45) is -6.99. The molecule has 5 atom stereocenters. The van der Waals surface area contributed by atoms with E-state index in [9.17, 15) is 19.8 Å². The zero-order valence-corrected chi connectivity index (χ0v) is 19.7. The molecule has 2 aromatic heterocycles. The van der Waals surface area contributed by atoms with Gasteiger partial charge in [-0.25, -0.2) is 14.4 Å². The van der Waals surface area contributed by atoms with Crippen molar-refractivity contribution in [1.82, 2.24) is 19.5 Å². The molecule has 0 amide bonds. The smallest absolute Gasteiger partial charge is 0.225 e. The molecule has 2 N–H and O–H groups in total. The number of fused-ring (bicyclic) bond motifs is 1. The fourth-order valence-corrected chi connectivity index (χ4v) is 4.64. The third-order valence-electron chi connectivity index (χ3n) is 6.01. The Balaban J connectivity index is 1.62. The lowest BCUT2D eigenvalue weighted by Crippen LogP contribution is -2.56. The first-order valence-corrected chi connectivity index (χ1v) is 11.4. The number of benzene rings is 2. The standard InChI is InChI=1S/C24H17Cl2FN4O5/c25-20-14-21(30-23(26)29-20)31(11-28-14)22-17(27)24(35,18(34)13-9-5-2-6-10-13)19(36-22)16(33)15(32)12-7-3-1-4-8-12/h1-11,15,17,19,22,32,35H/t15?,17-,19+,22+,24+/m0/s1. The van der Waals surface area contributed by atoms with Crippen molar-refractivity contribution in [2.75, 3.05) is 0 Å². The van der Waals surface area contributed by atoms with Gasteiger partial charge in [0.15, 0.2) is 40.7 Å². The zero-order valence-electron chi connectivity index (χ0n) is 18.2. The highest BCUT2D eigenvalue weighted by Gasteiger charge is 2.65. The third kappa shape index (κ3) is 3.87. The van der Waals surface area contributed by atoms with Gasteiger partial charge in [0.2, 0.25) is 11.1 Å². The van der Waals surface area contributed by atoms with Crippen LogP contribution in [-0.4, -0.2) is 59.2 Å². The highest BCUT2D eigenvalue weighted by atomic mass is 35.5. The number of rotatable bonds is 6. The minimum absolute atomic E-state index is 0.0427. The van der Waals surface area contributed by atoms with Gasteiger partial charge < -0.3 is 14.9 Å². The van der Waals surface area contributed by atoms with Crippen LogP contribution >= 0.6 is 23.2 Å². The summed E-state index contributed by atoms with van der Waals surface area (Å²) in [6, 6.07) is 15.2. The van der Waals surface area contributed by atoms with Crippen molar-refractivity contribution in [2.45, 2.75) is 30.2 Å². The molecule has 2 aromatic carbocycles. The zero-order chi connectivity index (χ0) is 25.6. The molecule has 1 saturated heterocycles. The van der Waals surface area contributed by atoms with Gasteiger partial charge in [-0.3, -0.25) is 14.2 Å². The van der Waals surface area contributed by atoms with Gasteiger partial charge in [-0.05, 0) is 17.2 Å². The Morgan fingerprint density at radius 3 is 2.36 bits per heavy atom. The van der Waals surface area contributed by atoms with Crippen LogP contribution in [0.3, 0.4) is 0 Å². The number of hydrogen-bond donors (Lipinski definition) is 2. The number of imidazole rings is 1. The van der Waals surface area contributed by atoms with Crippen LogP contribution in [0.1, 0.15) is 28.3 Å². The molecule has 0 spiro atoms. The van der Waals surface area contributed by atoms with Gasteiger partial charge in [0.05, 0.1) is 6.33 Å². The monoisotopic (exact) mass is 530 g/mol. The van der Waals surface area contributed by atoms with Gasteiger partial charge >= 0.3 is 0 Å². The summed E-state index contributed by atoms with van der Waals surface area (Å²) >= 11 is 12.0. The van der Waals surface area contributed by atoms with E-state index in [2.05, 4.69) is 15.0 Å². The molecule has 12 heteroatoms. The Morgan fingerprint density at radius 1 is 1.06 bits per heavy atom. The fourth-order valence-electron chi connectivity index (χ4n) is 4.22. The number of carbonyl (C=O) groups is 2. The lowest BCUT2D eigenvalue weighted by atomic mass is 9.81. The molecule has 1 aliphatic rings. The largest absolute Gasteiger partial charge is 0.380 e. The molecular formula is C24H17Cl2FN4O5. The Kier molecular flexibility index (Phi) is 6.31. The van der Waals surface area contributed by atoms with Crippen LogP contribution in [0.4, 0.5) is 4.39 Å². The molecule has 9 nitrogen and oxygen atoms in total. The summed E-state index contributed by atoms with van der Waals surface area (Å²) in [7, 11) is 0. The Morgan fingerprint density at radius 2 is 1.69 bits per heavy atom. The number of halogens is 3. The van der Waals surface area contributed by atoms with Gasteiger partial charge in [-0.2, -0.15) is 4.98 Å². The average molecular weight is 531 g/mol. The number of carbonyl (C=O) groups excluding carboxylic acids is 2. The summed E-state index contributed by atoms with van der Waals surface area (Å²) in [4.78, 5) is 38.6. The van der Waals surface area contributed by atoms with E-state index >= 15 is 4.39 Å². The van der Waals surface area contributed by atoms with Crippen molar-refractivity contribution in [3.8, 4) is 0 Å². The van der Waals surface area contributed by atoms with E-state index in [1.165, 1.54) is 36.4 Å². The minimum atomic E-state index is -2.99. The number of aliphatic hydroxyl groups is 2. The normalized spacial score (nSPS) is 24.6. The van der Waals surface area contributed by atoms with Crippen molar-refractivity contribution in [3.05, 3.63) is 88.6 Å². The first-order chi connectivity index (χ1) is 17.2. The van der Waals surface area contributed by atoms with E-state index < -0.39 is 41.8 Å². The highest BCUT2D eigenvalue weighted by Crippen LogP contribution is 2.44. The van der Waals surface area contributed by atoms with Gasteiger partial charge in [0.1, 0.15) is 11.6 Å². The lowest BCUT2D eigenvalue weighted by Gasteiger charge is -2.28. The van der Waals surface area contributed by atoms with Crippen molar-refractivity contribution in [1.29, 1.82) is 0 Å². The average Bonchev–Trinajstić information content (AvgIpc) is 3.43. The fraction of sp³-hybridized carbons (Fsp3) is 0.208. The summed E-state index contributed by atoms with van der Waals surface area (Å²) in [5.74, 6) is -2.19. The summed E-state index contributed by atoms with van der Waals surface area (Å²) in [6.45, 7) is 0. The lowest BCUT2D eigenvalue weighted by molar-refractivity contribution is -0.147. The van der Waals surface area contributed by atoms with Crippen LogP contribution in [0.15, 0.2) is 67.0 Å².